The van der Waals surface area contributed by atoms with Gasteiger partial charge in [0, 0.05) is 25.8 Å². The van der Waals surface area contributed by atoms with Gasteiger partial charge in [-0.15, -0.1) is 0 Å². The van der Waals surface area contributed by atoms with Gasteiger partial charge in [0.05, 0.1) is 12.1 Å². The molecule has 2 heterocycles. The summed E-state index contributed by atoms with van der Waals surface area (Å²) in [7, 11) is 3.85. The number of likely N-dealkylation sites (N-methyl/N-ethyl adjacent to an activating group) is 1. The maximum atomic E-state index is 12.4. The number of hydrogen-bond acceptors (Lipinski definition) is 4. The Kier molecular flexibility index (Phi) is 4.45. The first-order valence-electron chi connectivity index (χ1n) is 7.13. The summed E-state index contributed by atoms with van der Waals surface area (Å²) in [6.07, 6.45) is 3.44. The molecule has 2 rings (SSSR count). The van der Waals surface area contributed by atoms with Gasteiger partial charge >= 0.3 is 0 Å². The molecule has 1 N–H and O–H groups in total. The molecule has 1 aromatic rings. The summed E-state index contributed by atoms with van der Waals surface area (Å²) in [4.78, 5) is 16.0. The van der Waals surface area contributed by atoms with Gasteiger partial charge in [-0.2, -0.15) is 5.10 Å². The molecule has 0 bridgehead atoms. The molecule has 1 atom stereocenters. The second-order valence-corrected chi connectivity index (χ2v) is 5.90. The van der Waals surface area contributed by atoms with Crippen LogP contribution in [0.25, 0.3) is 0 Å². The average Bonchev–Trinajstić information content (AvgIpc) is 2.95. The Bertz CT molecular complexity index is 471. The zero-order valence-electron chi connectivity index (χ0n) is 12.5. The monoisotopic (exact) mass is 280 g/mol. The zero-order chi connectivity index (χ0) is 14.8. The Hall–Kier alpha value is -1.40. The number of likely N-dealkylation sites (tertiary alicyclic amines) is 1. The molecule has 1 fully saturated rings. The van der Waals surface area contributed by atoms with Crippen LogP contribution >= 0.6 is 0 Å². The predicted octanol–water partition coefficient (Wildman–Crippen LogP) is 0.432. The summed E-state index contributed by atoms with van der Waals surface area (Å²) >= 11 is 0. The average molecular weight is 280 g/mol. The van der Waals surface area contributed by atoms with Crippen molar-refractivity contribution in [1.29, 1.82) is 0 Å². The minimum Gasteiger partial charge on any atom is -0.387 e. The minimum atomic E-state index is -0.800. The number of β-amino-alcohol motifs (C(OH)–C–C–N with tert-alkyl or cyclic N) is 1. The van der Waals surface area contributed by atoms with E-state index in [1.807, 2.05) is 25.2 Å². The number of carbonyl (C=O) groups excluding carboxylic acids is 1. The number of aryl methyl sites for hydroxylation is 1. The number of carbonyl (C=O) groups is 1. The van der Waals surface area contributed by atoms with Crippen LogP contribution in [0.4, 0.5) is 0 Å². The highest BCUT2D eigenvalue weighted by Gasteiger charge is 2.39. The van der Waals surface area contributed by atoms with Crippen LogP contribution in [0.3, 0.4) is 0 Å². The van der Waals surface area contributed by atoms with Crippen molar-refractivity contribution in [2.45, 2.75) is 31.9 Å². The second kappa shape index (κ2) is 5.93. The minimum absolute atomic E-state index is 0.0884. The lowest BCUT2D eigenvalue weighted by Crippen LogP contribution is -2.43. The first-order chi connectivity index (χ1) is 9.43. The van der Waals surface area contributed by atoms with Crippen LogP contribution in [0, 0.1) is 0 Å². The summed E-state index contributed by atoms with van der Waals surface area (Å²) in [5.74, 6) is -0.0884. The fraction of sp³-hybridized carbons (Fsp3) is 0.714. The Balaban J connectivity index is 2.00. The standard InChI is InChI=1S/C14H24N4O2/c1-4-7-18-8-5-12(15-18)13(19)17-9-6-14(20,11-17)10-16(2)3/h5,8,20H,4,6-7,9-11H2,1-3H3/t14-/m0/s1. The zero-order valence-corrected chi connectivity index (χ0v) is 12.5. The molecular formula is C14H24N4O2. The van der Waals surface area contributed by atoms with Crippen LogP contribution in [0.1, 0.15) is 30.3 Å². The third-order valence-electron chi connectivity index (χ3n) is 3.54. The fourth-order valence-electron chi connectivity index (χ4n) is 2.74. The van der Waals surface area contributed by atoms with Crippen LogP contribution < -0.4 is 0 Å². The number of rotatable bonds is 5. The molecule has 1 amide bonds. The van der Waals surface area contributed by atoms with E-state index in [0.29, 0.717) is 31.7 Å². The highest BCUT2D eigenvalue weighted by molar-refractivity contribution is 5.92. The molecule has 6 nitrogen and oxygen atoms in total. The van der Waals surface area contributed by atoms with Gasteiger partial charge in [0.1, 0.15) is 5.69 Å². The molecule has 1 saturated heterocycles. The van der Waals surface area contributed by atoms with Crippen LogP contribution in [0.15, 0.2) is 12.3 Å². The van der Waals surface area contributed by atoms with Gasteiger partial charge in [0.15, 0.2) is 0 Å². The number of aliphatic hydroxyl groups is 1. The first kappa shape index (κ1) is 15.0. The summed E-state index contributed by atoms with van der Waals surface area (Å²) in [6, 6.07) is 1.75. The Labute approximate surface area is 120 Å². The van der Waals surface area contributed by atoms with Crippen LogP contribution in [-0.2, 0) is 6.54 Å². The highest BCUT2D eigenvalue weighted by Crippen LogP contribution is 2.23. The molecule has 0 aliphatic carbocycles. The van der Waals surface area contributed by atoms with E-state index in [9.17, 15) is 9.90 Å². The van der Waals surface area contributed by atoms with E-state index in [1.165, 1.54) is 0 Å². The Morgan fingerprint density at radius 1 is 1.55 bits per heavy atom. The highest BCUT2D eigenvalue weighted by atomic mass is 16.3. The Morgan fingerprint density at radius 3 is 2.95 bits per heavy atom. The SMILES string of the molecule is CCCn1ccc(C(=O)N2CC[C@](O)(CN(C)C)C2)n1. The van der Waals surface area contributed by atoms with Gasteiger partial charge in [-0.25, -0.2) is 0 Å². The van der Waals surface area contributed by atoms with Crippen LogP contribution in [-0.4, -0.2) is 69.9 Å². The van der Waals surface area contributed by atoms with E-state index >= 15 is 0 Å². The van der Waals surface area contributed by atoms with Crippen molar-refractivity contribution in [1.82, 2.24) is 19.6 Å². The number of hydrogen-bond donors (Lipinski definition) is 1. The quantitative estimate of drug-likeness (QED) is 0.850. The van der Waals surface area contributed by atoms with Crippen molar-refractivity contribution < 1.29 is 9.90 Å². The van der Waals surface area contributed by atoms with E-state index in [-0.39, 0.29) is 5.91 Å². The molecule has 1 aliphatic heterocycles. The smallest absolute Gasteiger partial charge is 0.274 e. The fourth-order valence-corrected chi connectivity index (χ4v) is 2.74. The Morgan fingerprint density at radius 2 is 2.30 bits per heavy atom. The molecule has 6 heteroatoms. The molecule has 1 aromatic heterocycles. The molecule has 0 aromatic carbocycles. The number of aromatic nitrogens is 2. The van der Waals surface area contributed by atoms with E-state index in [1.54, 1.807) is 15.6 Å². The van der Waals surface area contributed by atoms with Crippen LogP contribution in [0.2, 0.25) is 0 Å². The molecule has 0 spiro atoms. The first-order valence-corrected chi connectivity index (χ1v) is 7.13. The van der Waals surface area contributed by atoms with E-state index in [2.05, 4.69) is 12.0 Å². The van der Waals surface area contributed by atoms with Crippen LogP contribution in [0.5, 0.6) is 0 Å². The molecule has 0 radical (unpaired) electrons. The second-order valence-electron chi connectivity index (χ2n) is 5.90. The van der Waals surface area contributed by atoms with Crippen molar-refractivity contribution in [3.63, 3.8) is 0 Å². The van der Waals surface area contributed by atoms with E-state index < -0.39 is 5.60 Å². The van der Waals surface area contributed by atoms with Crippen molar-refractivity contribution >= 4 is 5.91 Å². The lowest BCUT2D eigenvalue weighted by Gasteiger charge is -2.26. The van der Waals surface area contributed by atoms with Gasteiger partial charge in [-0.1, -0.05) is 6.92 Å². The maximum absolute atomic E-state index is 12.4. The molecule has 0 saturated carbocycles. The van der Waals surface area contributed by atoms with Gasteiger partial charge in [0.25, 0.3) is 5.91 Å². The summed E-state index contributed by atoms with van der Waals surface area (Å²) in [5.41, 5.74) is -0.335. The van der Waals surface area contributed by atoms with E-state index in [0.717, 1.165) is 13.0 Å². The van der Waals surface area contributed by atoms with E-state index in [4.69, 9.17) is 0 Å². The maximum Gasteiger partial charge on any atom is 0.274 e. The third-order valence-corrected chi connectivity index (χ3v) is 3.54. The van der Waals surface area contributed by atoms with Gasteiger partial charge in [0.2, 0.25) is 0 Å². The lowest BCUT2D eigenvalue weighted by atomic mass is 10.0. The summed E-state index contributed by atoms with van der Waals surface area (Å²) in [5, 5.41) is 14.7. The summed E-state index contributed by atoms with van der Waals surface area (Å²) in [6.45, 7) is 4.43. The largest absolute Gasteiger partial charge is 0.387 e. The topological polar surface area (TPSA) is 61.6 Å². The predicted molar refractivity (Wildman–Crippen MR) is 76.5 cm³/mol. The van der Waals surface area contributed by atoms with Crippen molar-refractivity contribution in [3.05, 3.63) is 18.0 Å². The molecule has 1 aliphatic rings. The van der Waals surface area contributed by atoms with Gasteiger partial charge in [-0.05, 0) is 33.0 Å². The number of amides is 1. The molecule has 112 valence electrons. The van der Waals surface area contributed by atoms with Gasteiger partial charge in [-0.3, -0.25) is 9.48 Å². The van der Waals surface area contributed by atoms with Crippen molar-refractivity contribution in [3.8, 4) is 0 Å². The molecule has 0 unspecified atom stereocenters. The normalized spacial score (nSPS) is 22.8. The number of nitrogens with zero attached hydrogens (tertiary/aromatic N) is 4. The third kappa shape index (κ3) is 3.37. The molecule has 20 heavy (non-hydrogen) atoms. The summed E-state index contributed by atoms with van der Waals surface area (Å²) < 4.78 is 1.79. The van der Waals surface area contributed by atoms with Crippen molar-refractivity contribution in [2.24, 2.45) is 0 Å². The van der Waals surface area contributed by atoms with Crippen molar-refractivity contribution in [2.75, 3.05) is 33.7 Å². The van der Waals surface area contributed by atoms with Gasteiger partial charge < -0.3 is 14.9 Å². The lowest BCUT2D eigenvalue weighted by molar-refractivity contribution is 0.0235. The molecular weight excluding hydrogens is 256 g/mol.